The summed E-state index contributed by atoms with van der Waals surface area (Å²) < 4.78 is 1.36. The van der Waals surface area contributed by atoms with Gasteiger partial charge in [-0.05, 0) is 18.2 Å². The fraction of sp³-hybridized carbons (Fsp3) is 0.182. The van der Waals surface area contributed by atoms with Crippen LogP contribution < -0.4 is 11.3 Å². The summed E-state index contributed by atoms with van der Waals surface area (Å²) in [6, 6.07) is 6.90. The maximum Gasteiger partial charge on any atom is 0.266 e. The Morgan fingerprint density at radius 2 is 2.19 bits per heavy atom. The third kappa shape index (κ3) is 2.14. The maximum absolute atomic E-state index is 11.4. The second-order valence-corrected chi connectivity index (χ2v) is 3.31. The Morgan fingerprint density at radius 1 is 1.31 bits per heavy atom. The lowest BCUT2D eigenvalue weighted by Crippen LogP contribution is -2.25. The zero-order valence-electron chi connectivity index (χ0n) is 8.71. The molecule has 0 spiro atoms. The van der Waals surface area contributed by atoms with E-state index < -0.39 is 0 Å². The van der Waals surface area contributed by atoms with Crippen molar-refractivity contribution in [2.75, 3.05) is 6.54 Å². The molecule has 0 radical (unpaired) electrons. The third-order valence-electron chi connectivity index (χ3n) is 2.16. The molecule has 0 amide bonds. The molecule has 5 heteroatoms. The topological polar surface area (TPSA) is 73.8 Å². The van der Waals surface area contributed by atoms with Crippen molar-refractivity contribution >= 4 is 0 Å². The molecular weight excluding hydrogens is 204 g/mol. The molecule has 0 aliphatic carbocycles. The molecule has 2 aromatic rings. The van der Waals surface area contributed by atoms with E-state index in [0.717, 1.165) is 11.3 Å². The standard InChI is InChI=1S/C11H12N4O/c12-5-7-15-11(16)4-3-10(14-15)9-2-1-6-13-8-9/h1-4,6,8H,5,7,12H2. The van der Waals surface area contributed by atoms with Gasteiger partial charge >= 0.3 is 0 Å². The average molecular weight is 216 g/mol. The van der Waals surface area contributed by atoms with E-state index in [-0.39, 0.29) is 5.56 Å². The summed E-state index contributed by atoms with van der Waals surface area (Å²) in [5, 5.41) is 4.22. The molecule has 2 aromatic heterocycles. The van der Waals surface area contributed by atoms with E-state index in [9.17, 15) is 4.79 Å². The van der Waals surface area contributed by atoms with E-state index in [1.165, 1.54) is 10.7 Å². The number of nitrogens with two attached hydrogens (primary N) is 1. The Morgan fingerprint density at radius 3 is 2.88 bits per heavy atom. The molecule has 0 saturated heterocycles. The molecule has 2 heterocycles. The first-order valence-electron chi connectivity index (χ1n) is 5.00. The Kier molecular flexibility index (Phi) is 3.07. The smallest absolute Gasteiger partial charge is 0.266 e. The van der Waals surface area contributed by atoms with E-state index in [2.05, 4.69) is 10.1 Å². The molecule has 0 saturated carbocycles. The van der Waals surface area contributed by atoms with Gasteiger partial charge in [0.15, 0.2) is 0 Å². The van der Waals surface area contributed by atoms with Gasteiger partial charge in [-0.2, -0.15) is 5.10 Å². The molecule has 2 N–H and O–H groups in total. The van der Waals surface area contributed by atoms with Crippen LogP contribution in [-0.2, 0) is 6.54 Å². The van der Waals surface area contributed by atoms with Gasteiger partial charge in [-0.3, -0.25) is 9.78 Å². The van der Waals surface area contributed by atoms with Crippen LogP contribution in [0, 0.1) is 0 Å². The Balaban J connectivity index is 2.44. The SMILES string of the molecule is NCCn1nc(-c2cccnc2)ccc1=O. The monoisotopic (exact) mass is 216 g/mol. The normalized spacial score (nSPS) is 10.3. The van der Waals surface area contributed by atoms with Crippen molar-refractivity contribution in [3.63, 3.8) is 0 Å². The summed E-state index contributed by atoms with van der Waals surface area (Å²) in [7, 11) is 0. The average Bonchev–Trinajstić information content (AvgIpc) is 2.33. The van der Waals surface area contributed by atoms with Crippen LogP contribution in [0.1, 0.15) is 0 Å². The van der Waals surface area contributed by atoms with Gasteiger partial charge in [0, 0.05) is 30.6 Å². The largest absolute Gasteiger partial charge is 0.329 e. The van der Waals surface area contributed by atoms with Gasteiger partial charge in [-0.25, -0.2) is 4.68 Å². The summed E-state index contributed by atoms with van der Waals surface area (Å²) in [5.74, 6) is 0. The van der Waals surface area contributed by atoms with Crippen LogP contribution in [0.4, 0.5) is 0 Å². The quantitative estimate of drug-likeness (QED) is 0.798. The summed E-state index contributed by atoms with van der Waals surface area (Å²) in [5.41, 5.74) is 6.87. The van der Waals surface area contributed by atoms with E-state index >= 15 is 0 Å². The second kappa shape index (κ2) is 4.67. The van der Waals surface area contributed by atoms with Gasteiger partial charge in [0.25, 0.3) is 5.56 Å². The van der Waals surface area contributed by atoms with Gasteiger partial charge in [0.05, 0.1) is 12.2 Å². The van der Waals surface area contributed by atoms with Crippen LogP contribution in [0.2, 0.25) is 0 Å². The second-order valence-electron chi connectivity index (χ2n) is 3.31. The maximum atomic E-state index is 11.4. The molecule has 82 valence electrons. The minimum atomic E-state index is -0.141. The highest BCUT2D eigenvalue weighted by atomic mass is 16.1. The number of hydrogen-bond donors (Lipinski definition) is 1. The van der Waals surface area contributed by atoms with Crippen molar-refractivity contribution in [2.24, 2.45) is 5.73 Å². The number of nitrogens with zero attached hydrogens (tertiary/aromatic N) is 3. The Hall–Kier alpha value is -2.01. The predicted octanol–water partition coefficient (Wildman–Crippen LogP) is 0.264. The minimum absolute atomic E-state index is 0.141. The molecule has 0 aromatic carbocycles. The first-order valence-corrected chi connectivity index (χ1v) is 5.00. The highest BCUT2D eigenvalue weighted by molar-refractivity contribution is 5.56. The molecule has 16 heavy (non-hydrogen) atoms. The van der Waals surface area contributed by atoms with Crippen molar-refractivity contribution in [1.82, 2.24) is 14.8 Å². The number of aromatic nitrogens is 3. The molecule has 0 aliphatic heterocycles. The highest BCUT2D eigenvalue weighted by Gasteiger charge is 2.02. The first-order chi connectivity index (χ1) is 7.81. The number of hydrogen-bond acceptors (Lipinski definition) is 4. The van der Waals surface area contributed by atoms with Crippen molar-refractivity contribution in [1.29, 1.82) is 0 Å². The van der Waals surface area contributed by atoms with Crippen LogP contribution >= 0.6 is 0 Å². The number of rotatable bonds is 3. The molecule has 0 atom stereocenters. The lowest BCUT2D eigenvalue weighted by molar-refractivity contribution is 0.590. The van der Waals surface area contributed by atoms with Crippen LogP contribution in [0.3, 0.4) is 0 Å². The van der Waals surface area contributed by atoms with Crippen molar-refractivity contribution in [3.05, 3.63) is 47.0 Å². The molecular formula is C11H12N4O. The highest BCUT2D eigenvalue weighted by Crippen LogP contribution is 2.12. The van der Waals surface area contributed by atoms with Crippen molar-refractivity contribution in [3.8, 4) is 11.3 Å². The fourth-order valence-corrected chi connectivity index (χ4v) is 1.40. The van der Waals surface area contributed by atoms with Crippen molar-refractivity contribution < 1.29 is 0 Å². The van der Waals surface area contributed by atoms with Gasteiger partial charge in [-0.1, -0.05) is 0 Å². The van der Waals surface area contributed by atoms with Crippen molar-refractivity contribution in [2.45, 2.75) is 6.54 Å². The van der Waals surface area contributed by atoms with Gasteiger partial charge in [0.2, 0.25) is 0 Å². The molecule has 0 unspecified atom stereocenters. The zero-order valence-corrected chi connectivity index (χ0v) is 8.71. The van der Waals surface area contributed by atoms with E-state index in [1.807, 2.05) is 12.1 Å². The molecule has 2 rings (SSSR count). The molecule has 0 aliphatic rings. The van der Waals surface area contributed by atoms with E-state index in [1.54, 1.807) is 18.5 Å². The molecule has 5 nitrogen and oxygen atoms in total. The van der Waals surface area contributed by atoms with E-state index in [4.69, 9.17) is 5.73 Å². The Bertz CT molecular complexity index is 521. The van der Waals surface area contributed by atoms with Crippen LogP contribution in [0.15, 0.2) is 41.5 Å². The Labute approximate surface area is 92.6 Å². The van der Waals surface area contributed by atoms with Gasteiger partial charge in [-0.15, -0.1) is 0 Å². The first kappa shape index (κ1) is 10.5. The number of pyridine rings is 1. The third-order valence-corrected chi connectivity index (χ3v) is 2.16. The summed E-state index contributed by atoms with van der Waals surface area (Å²) in [4.78, 5) is 15.4. The van der Waals surface area contributed by atoms with Gasteiger partial charge in [0.1, 0.15) is 0 Å². The molecule has 0 fully saturated rings. The summed E-state index contributed by atoms with van der Waals surface area (Å²) in [6.07, 6.45) is 3.40. The predicted molar refractivity (Wildman–Crippen MR) is 60.8 cm³/mol. The van der Waals surface area contributed by atoms with Crippen LogP contribution in [0.5, 0.6) is 0 Å². The van der Waals surface area contributed by atoms with Crippen LogP contribution in [0.25, 0.3) is 11.3 Å². The minimum Gasteiger partial charge on any atom is -0.329 e. The zero-order chi connectivity index (χ0) is 11.4. The van der Waals surface area contributed by atoms with Gasteiger partial charge < -0.3 is 5.73 Å². The summed E-state index contributed by atoms with van der Waals surface area (Å²) >= 11 is 0. The fourth-order valence-electron chi connectivity index (χ4n) is 1.40. The van der Waals surface area contributed by atoms with Crippen LogP contribution in [-0.4, -0.2) is 21.3 Å². The lowest BCUT2D eigenvalue weighted by atomic mass is 10.2. The van der Waals surface area contributed by atoms with E-state index in [0.29, 0.717) is 13.1 Å². The molecule has 0 bridgehead atoms. The lowest BCUT2D eigenvalue weighted by Gasteiger charge is -2.04. The summed E-state index contributed by atoms with van der Waals surface area (Å²) in [6.45, 7) is 0.816.